The van der Waals surface area contributed by atoms with Gasteiger partial charge < -0.3 is 0 Å². The summed E-state index contributed by atoms with van der Waals surface area (Å²) in [6, 6.07) is -0.308. The second kappa shape index (κ2) is 3.50. The molecule has 1 aromatic rings. The third-order valence-electron chi connectivity index (χ3n) is 1.24. The maximum atomic E-state index is 12.9. The van der Waals surface area contributed by atoms with E-state index in [1.165, 1.54) is 0 Å². The Balaban J connectivity index is 3.19. The molecule has 12 heavy (non-hydrogen) atoms. The van der Waals surface area contributed by atoms with Gasteiger partial charge in [-0.05, 0) is 6.07 Å². The molecule has 0 aliphatic rings. The van der Waals surface area contributed by atoms with Gasteiger partial charge in [0.15, 0.2) is 0 Å². The van der Waals surface area contributed by atoms with Crippen molar-refractivity contribution in [2.75, 3.05) is 0 Å². The highest BCUT2D eigenvalue weighted by Crippen LogP contribution is 2.20. The second-order valence-electron chi connectivity index (χ2n) is 2.12. The van der Waals surface area contributed by atoms with Crippen LogP contribution in [0.2, 0.25) is 0 Å². The minimum Gasteiger partial charge on any atom is -0.207 e. The van der Waals surface area contributed by atoms with E-state index in [-0.39, 0.29) is 5.19 Å². The number of benzene rings is 1. The van der Waals surface area contributed by atoms with Crippen molar-refractivity contribution >= 4 is 44.4 Å². The van der Waals surface area contributed by atoms with Gasteiger partial charge in [-0.1, -0.05) is 6.07 Å². The van der Waals surface area contributed by atoms with Crippen LogP contribution < -0.4 is 5.19 Å². The Morgan fingerprint density at radius 1 is 1.08 bits per heavy atom. The Morgan fingerprint density at radius 3 is 2.08 bits per heavy atom. The number of hydrogen-bond donors (Lipinski definition) is 0. The molecule has 0 amide bonds. The lowest BCUT2D eigenvalue weighted by Gasteiger charge is -2.08. The fourth-order valence-corrected chi connectivity index (χ4v) is 2.71. The third kappa shape index (κ3) is 2.33. The summed E-state index contributed by atoms with van der Waals surface area (Å²) in [6.07, 6.45) is 0. The minimum atomic E-state index is -3.23. The van der Waals surface area contributed by atoms with Crippen LogP contribution in [0, 0.1) is 11.6 Å². The molecule has 0 heterocycles. The van der Waals surface area contributed by atoms with Crippen LogP contribution >= 0.6 is 33.2 Å². The summed E-state index contributed by atoms with van der Waals surface area (Å²) in [4.78, 5) is 0. The molecule has 0 unspecified atom stereocenters. The molecule has 0 spiro atoms. The fourth-order valence-electron chi connectivity index (χ4n) is 0.719. The first kappa shape index (κ1) is 10.2. The molecule has 0 aliphatic heterocycles. The molecule has 0 N–H and O–H groups in total. The van der Waals surface area contributed by atoms with Gasteiger partial charge in [-0.2, -0.15) is 0 Å². The SMILES string of the molecule is Fc1ccc([Si](Cl)(Cl)Cl)c(F)c1. The zero-order chi connectivity index (χ0) is 9.35. The van der Waals surface area contributed by atoms with Crippen molar-refractivity contribution in [1.82, 2.24) is 0 Å². The van der Waals surface area contributed by atoms with E-state index in [2.05, 4.69) is 0 Å². The first-order valence-electron chi connectivity index (χ1n) is 2.93. The monoisotopic (exact) mass is 246 g/mol. The lowest BCUT2D eigenvalue weighted by atomic mass is 10.3. The summed E-state index contributed by atoms with van der Waals surface area (Å²) < 4.78 is 25.3. The molecule has 66 valence electrons. The maximum absolute atomic E-state index is 12.9. The zero-order valence-corrected chi connectivity index (χ0v) is 8.89. The molecule has 0 saturated carbocycles. The quantitative estimate of drug-likeness (QED) is 0.529. The molecule has 0 nitrogen and oxygen atoms in total. The Labute approximate surface area is 83.2 Å². The van der Waals surface area contributed by atoms with Crippen LogP contribution in [0.3, 0.4) is 0 Å². The van der Waals surface area contributed by atoms with Gasteiger partial charge in [0.1, 0.15) is 11.6 Å². The van der Waals surface area contributed by atoms with E-state index in [0.29, 0.717) is 6.07 Å². The normalized spacial score (nSPS) is 11.8. The lowest BCUT2D eigenvalue weighted by molar-refractivity contribution is 0.588. The van der Waals surface area contributed by atoms with E-state index in [4.69, 9.17) is 33.2 Å². The third-order valence-corrected chi connectivity index (χ3v) is 4.09. The van der Waals surface area contributed by atoms with Crippen molar-refractivity contribution in [3.8, 4) is 0 Å². The fraction of sp³-hybridized carbons (Fsp3) is 0. The van der Waals surface area contributed by atoms with Crippen LogP contribution in [0.15, 0.2) is 18.2 Å². The van der Waals surface area contributed by atoms with Gasteiger partial charge in [0.25, 0.3) is 0 Å². The number of halogens is 5. The van der Waals surface area contributed by atoms with Crippen molar-refractivity contribution in [2.45, 2.75) is 0 Å². The molecule has 0 aromatic heterocycles. The van der Waals surface area contributed by atoms with E-state index in [0.717, 1.165) is 12.1 Å². The van der Waals surface area contributed by atoms with Crippen LogP contribution in [0.5, 0.6) is 0 Å². The van der Waals surface area contributed by atoms with Crippen molar-refractivity contribution in [3.63, 3.8) is 0 Å². The summed E-state index contributed by atoms with van der Waals surface area (Å²) in [5.41, 5.74) is 0. The minimum absolute atomic E-state index is 0.0195. The molecule has 6 heteroatoms. The average molecular weight is 248 g/mol. The highest BCUT2D eigenvalue weighted by Gasteiger charge is 2.31. The maximum Gasteiger partial charge on any atom is 0.375 e. The van der Waals surface area contributed by atoms with E-state index in [1.807, 2.05) is 0 Å². The molecule has 1 aromatic carbocycles. The standard InChI is InChI=1S/C6H3Cl3F2Si/c7-12(8,9)6-2-1-4(10)3-5(6)11/h1-3H. The van der Waals surface area contributed by atoms with E-state index in [9.17, 15) is 8.78 Å². The average Bonchev–Trinajstić information content (AvgIpc) is 1.83. The Bertz CT molecular complexity index is 297. The molecule has 0 aliphatic carbocycles. The van der Waals surface area contributed by atoms with Crippen molar-refractivity contribution in [3.05, 3.63) is 29.8 Å². The van der Waals surface area contributed by atoms with Crippen molar-refractivity contribution < 1.29 is 8.78 Å². The molecule has 0 atom stereocenters. The largest absolute Gasteiger partial charge is 0.375 e. The highest BCUT2D eigenvalue weighted by atomic mass is 35.8. The number of rotatable bonds is 1. The van der Waals surface area contributed by atoms with Crippen molar-refractivity contribution in [1.29, 1.82) is 0 Å². The molecular formula is C6H3Cl3F2Si. The van der Waals surface area contributed by atoms with Gasteiger partial charge in [-0.15, -0.1) is 33.2 Å². The van der Waals surface area contributed by atoms with Gasteiger partial charge in [0.05, 0.1) is 0 Å². The first-order valence-corrected chi connectivity index (χ1v) is 7.97. The van der Waals surface area contributed by atoms with Gasteiger partial charge in [0, 0.05) is 11.3 Å². The van der Waals surface area contributed by atoms with Crippen LogP contribution in [-0.4, -0.2) is 6.00 Å². The topological polar surface area (TPSA) is 0 Å². The van der Waals surface area contributed by atoms with Gasteiger partial charge in [0.2, 0.25) is 0 Å². The lowest BCUT2D eigenvalue weighted by Crippen LogP contribution is -2.33. The Hall–Kier alpha value is 0.167. The molecular weight excluding hydrogens is 245 g/mol. The summed E-state index contributed by atoms with van der Waals surface area (Å²) >= 11 is 16.6. The first-order chi connectivity index (χ1) is 5.41. The van der Waals surface area contributed by atoms with Gasteiger partial charge in [-0.25, -0.2) is 8.78 Å². The van der Waals surface area contributed by atoms with Gasteiger partial charge in [-0.3, -0.25) is 0 Å². The summed E-state index contributed by atoms with van der Waals surface area (Å²) in [5.74, 6) is -1.49. The van der Waals surface area contributed by atoms with Crippen molar-refractivity contribution in [2.24, 2.45) is 0 Å². The van der Waals surface area contributed by atoms with Crippen LogP contribution in [0.4, 0.5) is 8.78 Å². The Morgan fingerprint density at radius 2 is 1.67 bits per heavy atom. The summed E-state index contributed by atoms with van der Waals surface area (Å²) in [5, 5.41) is -0.0195. The molecule has 0 radical (unpaired) electrons. The predicted octanol–water partition coefficient (Wildman–Crippen LogP) is 2.83. The predicted molar refractivity (Wildman–Crippen MR) is 49.3 cm³/mol. The Kier molecular flexibility index (Phi) is 2.99. The van der Waals surface area contributed by atoms with Crippen LogP contribution in [0.25, 0.3) is 0 Å². The van der Waals surface area contributed by atoms with Crippen LogP contribution in [-0.2, 0) is 0 Å². The highest BCUT2D eigenvalue weighted by molar-refractivity contribution is 7.69. The van der Waals surface area contributed by atoms with E-state index >= 15 is 0 Å². The molecule has 0 bridgehead atoms. The van der Waals surface area contributed by atoms with Gasteiger partial charge >= 0.3 is 6.00 Å². The second-order valence-corrected chi connectivity index (χ2v) is 10.5. The van der Waals surface area contributed by atoms with Crippen LogP contribution in [0.1, 0.15) is 0 Å². The molecule has 0 saturated heterocycles. The number of hydrogen-bond acceptors (Lipinski definition) is 0. The zero-order valence-electron chi connectivity index (χ0n) is 5.62. The molecule has 1 rings (SSSR count). The molecule has 0 fully saturated rings. The summed E-state index contributed by atoms with van der Waals surface area (Å²) in [7, 11) is 0. The van der Waals surface area contributed by atoms with E-state index in [1.54, 1.807) is 0 Å². The summed E-state index contributed by atoms with van der Waals surface area (Å²) in [6.45, 7) is 0. The van der Waals surface area contributed by atoms with E-state index < -0.39 is 17.6 Å². The smallest absolute Gasteiger partial charge is 0.207 e.